The average Bonchev–Trinajstić information content (AvgIpc) is 3.06. The predicted octanol–water partition coefficient (Wildman–Crippen LogP) is 0.971. The second-order valence-corrected chi connectivity index (χ2v) is 5.27. The van der Waals surface area contributed by atoms with E-state index in [4.69, 9.17) is 0 Å². The number of likely N-dealkylation sites (N-methyl/N-ethyl adjacent to an activating group) is 1. The average molecular weight is 251 g/mol. The van der Waals surface area contributed by atoms with Crippen LogP contribution in [0.25, 0.3) is 0 Å². The van der Waals surface area contributed by atoms with Gasteiger partial charge in [0.15, 0.2) is 0 Å². The van der Waals surface area contributed by atoms with Gasteiger partial charge in [0, 0.05) is 19.0 Å². The summed E-state index contributed by atoms with van der Waals surface area (Å²) in [5.41, 5.74) is 0. The van der Waals surface area contributed by atoms with Gasteiger partial charge in [-0.3, -0.25) is 15.0 Å². The summed E-state index contributed by atoms with van der Waals surface area (Å²) in [6.07, 6.45) is 2.35. The van der Waals surface area contributed by atoms with Crippen molar-refractivity contribution < 1.29 is 4.79 Å². The first-order valence-corrected chi connectivity index (χ1v) is 6.38. The third-order valence-electron chi connectivity index (χ3n) is 3.38. The van der Waals surface area contributed by atoms with Crippen molar-refractivity contribution in [3.05, 3.63) is 5.82 Å². The van der Waals surface area contributed by atoms with Crippen LogP contribution in [-0.2, 0) is 11.8 Å². The second kappa shape index (κ2) is 5.06. The Bertz CT molecular complexity index is 436. The lowest BCUT2D eigenvalue weighted by Crippen LogP contribution is -2.35. The molecule has 0 spiro atoms. The fourth-order valence-corrected chi connectivity index (χ4v) is 1.72. The molecule has 1 aromatic heterocycles. The molecule has 1 saturated carbocycles. The van der Waals surface area contributed by atoms with Gasteiger partial charge < -0.3 is 4.57 Å². The van der Waals surface area contributed by atoms with Gasteiger partial charge in [0.1, 0.15) is 5.82 Å². The number of nitrogens with one attached hydrogen (secondary N) is 1. The number of nitrogens with zero attached hydrogens (tertiary/aromatic N) is 4. The molecule has 1 heterocycles. The third-order valence-corrected chi connectivity index (χ3v) is 3.38. The van der Waals surface area contributed by atoms with Gasteiger partial charge in [-0.25, -0.2) is 0 Å². The van der Waals surface area contributed by atoms with Gasteiger partial charge in [-0.2, -0.15) is 0 Å². The molecule has 1 aliphatic carbocycles. The molecule has 1 fully saturated rings. The highest BCUT2D eigenvalue weighted by Crippen LogP contribution is 2.39. The zero-order valence-corrected chi connectivity index (χ0v) is 11.5. The summed E-state index contributed by atoms with van der Waals surface area (Å²) in [6, 6.07) is 0.345. The Labute approximate surface area is 107 Å². The monoisotopic (exact) mass is 251 g/mol. The number of carbonyl (C=O) groups is 1. The van der Waals surface area contributed by atoms with Crippen molar-refractivity contribution in [1.82, 2.24) is 19.7 Å². The van der Waals surface area contributed by atoms with E-state index >= 15 is 0 Å². The van der Waals surface area contributed by atoms with Crippen LogP contribution in [0.15, 0.2) is 0 Å². The van der Waals surface area contributed by atoms with Crippen molar-refractivity contribution in [2.24, 2.45) is 7.05 Å². The maximum Gasteiger partial charge on any atom is 0.240 e. The van der Waals surface area contributed by atoms with E-state index in [0.717, 1.165) is 5.82 Å². The van der Waals surface area contributed by atoms with E-state index in [2.05, 4.69) is 29.4 Å². The Balaban J connectivity index is 1.94. The molecule has 0 bridgehead atoms. The van der Waals surface area contributed by atoms with Crippen LogP contribution in [-0.4, -0.2) is 45.2 Å². The fraction of sp³-hybridized carbons (Fsp3) is 0.750. The zero-order valence-electron chi connectivity index (χ0n) is 11.5. The molecule has 100 valence electrons. The minimum absolute atomic E-state index is 0.0518. The molecule has 1 N–H and O–H groups in total. The van der Waals surface area contributed by atoms with Gasteiger partial charge in [-0.1, -0.05) is 0 Å². The SMILES string of the molecule is CC(C)N(C)CC(=O)Nc1nnc(C2CC2)n1C. The van der Waals surface area contributed by atoms with Crippen molar-refractivity contribution >= 4 is 11.9 Å². The Hall–Kier alpha value is -1.43. The van der Waals surface area contributed by atoms with Crippen LogP contribution in [0.1, 0.15) is 38.4 Å². The Morgan fingerprint density at radius 1 is 1.50 bits per heavy atom. The molecular formula is C12H21N5O. The molecule has 0 radical (unpaired) electrons. The molecule has 1 amide bonds. The first kappa shape index (κ1) is 13.0. The van der Waals surface area contributed by atoms with Crippen LogP contribution < -0.4 is 5.32 Å². The lowest BCUT2D eigenvalue weighted by atomic mass is 10.3. The summed E-state index contributed by atoms with van der Waals surface area (Å²) >= 11 is 0. The normalized spacial score (nSPS) is 15.4. The molecule has 2 rings (SSSR count). The molecule has 1 aromatic rings. The molecule has 0 atom stereocenters. The van der Waals surface area contributed by atoms with E-state index < -0.39 is 0 Å². The smallest absolute Gasteiger partial charge is 0.240 e. The highest BCUT2D eigenvalue weighted by molar-refractivity contribution is 5.90. The second-order valence-electron chi connectivity index (χ2n) is 5.27. The van der Waals surface area contributed by atoms with E-state index in [-0.39, 0.29) is 5.91 Å². The maximum atomic E-state index is 11.8. The van der Waals surface area contributed by atoms with Gasteiger partial charge in [-0.15, -0.1) is 10.2 Å². The maximum absolute atomic E-state index is 11.8. The van der Waals surface area contributed by atoms with E-state index in [1.807, 2.05) is 23.6 Å². The van der Waals surface area contributed by atoms with Crippen LogP contribution in [0.3, 0.4) is 0 Å². The minimum atomic E-state index is -0.0518. The number of rotatable bonds is 5. The number of hydrogen-bond acceptors (Lipinski definition) is 4. The lowest BCUT2D eigenvalue weighted by Gasteiger charge is -2.19. The van der Waals surface area contributed by atoms with E-state index in [9.17, 15) is 4.79 Å². The van der Waals surface area contributed by atoms with Crippen molar-refractivity contribution in [1.29, 1.82) is 0 Å². The topological polar surface area (TPSA) is 63.1 Å². The summed E-state index contributed by atoms with van der Waals surface area (Å²) < 4.78 is 1.88. The van der Waals surface area contributed by atoms with Gasteiger partial charge >= 0.3 is 0 Å². The van der Waals surface area contributed by atoms with Crippen LogP contribution >= 0.6 is 0 Å². The van der Waals surface area contributed by atoms with Gasteiger partial charge in [-0.05, 0) is 33.7 Å². The molecule has 0 aromatic carbocycles. The molecule has 0 saturated heterocycles. The Morgan fingerprint density at radius 3 is 2.72 bits per heavy atom. The largest absolute Gasteiger partial charge is 0.300 e. The van der Waals surface area contributed by atoms with Crippen LogP contribution in [0.2, 0.25) is 0 Å². The summed E-state index contributed by atoms with van der Waals surface area (Å²) in [6.45, 7) is 4.48. The minimum Gasteiger partial charge on any atom is -0.300 e. The van der Waals surface area contributed by atoms with Gasteiger partial charge in [0.2, 0.25) is 11.9 Å². The summed E-state index contributed by atoms with van der Waals surface area (Å²) in [5.74, 6) is 2.00. The molecule has 0 aliphatic heterocycles. The van der Waals surface area contributed by atoms with Crippen molar-refractivity contribution in [3.63, 3.8) is 0 Å². The predicted molar refractivity (Wildman–Crippen MR) is 69.4 cm³/mol. The highest BCUT2D eigenvalue weighted by atomic mass is 16.2. The van der Waals surface area contributed by atoms with Crippen molar-refractivity contribution in [2.45, 2.75) is 38.6 Å². The number of amides is 1. The van der Waals surface area contributed by atoms with Gasteiger partial charge in [0.25, 0.3) is 0 Å². The Kier molecular flexibility index (Phi) is 3.65. The van der Waals surface area contributed by atoms with Crippen LogP contribution in [0, 0.1) is 0 Å². The van der Waals surface area contributed by atoms with E-state index in [0.29, 0.717) is 24.5 Å². The third kappa shape index (κ3) is 2.87. The fourth-order valence-electron chi connectivity index (χ4n) is 1.72. The quantitative estimate of drug-likeness (QED) is 0.847. The summed E-state index contributed by atoms with van der Waals surface area (Å²) in [4.78, 5) is 13.8. The molecule has 6 nitrogen and oxygen atoms in total. The molecular weight excluding hydrogens is 230 g/mol. The highest BCUT2D eigenvalue weighted by Gasteiger charge is 2.29. The molecule has 6 heteroatoms. The number of anilines is 1. The molecule has 1 aliphatic rings. The Morgan fingerprint density at radius 2 is 2.17 bits per heavy atom. The van der Waals surface area contributed by atoms with Crippen molar-refractivity contribution in [2.75, 3.05) is 18.9 Å². The standard InChI is InChI=1S/C12H21N5O/c1-8(2)16(3)7-10(18)13-12-15-14-11(17(12)4)9-5-6-9/h8-9H,5-7H2,1-4H3,(H,13,15,18). The van der Waals surface area contributed by atoms with Crippen molar-refractivity contribution in [3.8, 4) is 0 Å². The zero-order chi connectivity index (χ0) is 13.3. The molecule has 0 unspecified atom stereocenters. The number of hydrogen-bond donors (Lipinski definition) is 1. The first-order chi connectivity index (χ1) is 8.49. The van der Waals surface area contributed by atoms with Gasteiger partial charge in [0.05, 0.1) is 6.54 Å². The summed E-state index contributed by atoms with van der Waals surface area (Å²) in [7, 11) is 3.83. The first-order valence-electron chi connectivity index (χ1n) is 6.38. The van der Waals surface area contributed by atoms with E-state index in [1.54, 1.807) is 0 Å². The molecule has 18 heavy (non-hydrogen) atoms. The van der Waals surface area contributed by atoms with E-state index in [1.165, 1.54) is 12.8 Å². The summed E-state index contributed by atoms with van der Waals surface area (Å²) in [5, 5.41) is 11.0. The van der Waals surface area contributed by atoms with Crippen LogP contribution in [0.5, 0.6) is 0 Å². The van der Waals surface area contributed by atoms with Crippen LogP contribution in [0.4, 0.5) is 5.95 Å². The lowest BCUT2D eigenvalue weighted by molar-refractivity contribution is -0.117. The number of carbonyl (C=O) groups excluding carboxylic acids is 1. The number of aromatic nitrogens is 3.